The molecule has 3 aromatic carbocycles. The number of hydrogen-bond acceptors (Lipinski definition) is 5. The fourth-order valence-electron chi connectivity index (χ4n) is 3.05. The van der Waals surface area contributed by atoms with Gasteiger partial charge in [-0.15, -0.1) is 0 Å². The summed E-state index contributed by atoms with van der Waals surface area (Å²) >= 11 is 5.93. The molecule has 0 atom stereocenters. The zero-order valence-corrected chi connectivity index (χ0v) is 19.5. The summed E-state index contributed by atoms with van der Waals surface area (Å²) in [6.45, 7) is 4.16. The molecule has 0 spiro atoms. The molecule has 5 nitrogen and oxygen atoms in total. The molecular formula is C25H23ClO5S. The van der Waals surface area contributed by atoms with Crippen LogP contribution in [0, 0.1) is 6.92 Å². The molecule has 7 heteroatoms. The molecule has 166 valence electrons. The first-order valence-corrected chi connectivity index (χ1v) is 11.8. The van der Waals surface area contributed by atoms with E-state index in [2.05, 4.69) is 0 Å². The van der Waals surface area contributed by atoms with Crippen molar-refractivity contribution in [3.63, 3.8) is 0 Å². The van der Waals surface area contributed by atoms with Gasteiger partial charge in [-0.3, -0.25) is 4.79 Å². The Labute approximate surface area is 193 Å². The highest BCUT2D eigenvalue weighted by Crippen LogP contribution is 2.31. The lowest BCUT2D eigenvalue weighted by molar-refractivity contribution is 0.104. The number of halogens is 1. The van der Waals surface area contributed by atoms with Crippen molar-refractivity contribution in [1.29, 1.82) is 0 Å². The van der Waals surface area contributed by atoms with Crippen molar-refractivity contribution in [3.8, 4) is 11.5 Å². The summed E-state index contributed by atoms with van der Waals surface area (Å²) in [6.07, 6.45) is 1.35. The minimum atomic E-state index is -4.11. The smallest absolute Gasteiger partial charge is 0.210 e. The van der Waals surface area contributed by atoms with Gasteiger partial charge in [0.05, 0.1) is 18.6 Å². The standard InChI is InChI=1S/C25H23ClO5S/c1-4-31-22-14-7-18(15-23(22)30-3)16-24(25(27)19-8-10-20(26)11-9-19)32(28,29)21-12-5-17(2)6-13-21/h5-16H,4H2,1-3H3/b24-16+. The maximum absolute atomic E-state index is 13.5. The Hall–Kier alpha value is -3.09. The topological polar surface area (TPSA) is 69.7 Å². The number of rotatable bonds is 8. The molecule has 3 rings (SSSR count). The number of carbonyl (C=O) groups is 1. The second-order valence-corrected chi connectivity index (χ2v) is 9.36. The van der Waals surface area contributed by atoms with E-state index in [1.165, 1.54) is 37.5 Å². The van der Waals surface area contributed by atoms with Gasteiger partial charge < -0.3 is 9.47 Å². The van der Waals surface area contributed by atoms with Gasteiger partial charge in [-0.2, -0.15) is 0 Å². The SMILES string of the molecule is CCOc1ccc(/C=C(\C(=O)c2ccc(Cl)cc2)S(=O)(=O)c2ccc(C)cc2)cc1OC. The Morgan fingerprint density at radius 3 is 2.22 bits per heavy atom. The number of Topliss-reactive ketones (excluding diaryl/α,β-unsaturated/α-hetero) is 1. The van der Waals surface area contributed by atoms with Gasteiger partial charge >= 0.3 is 0 Å². The van der Waals surface area contributed by atoms with Gasteiger partial charge in [-0.1, -0.05) is 35.4 Å². The quantitative estimate of drug-likeness (QED) is 0.309. The van der Waals surface area contributed by atoms with E-state index in [9.17, 15) is 13.2 Å². The van der Waals surface area contributed by atoms with Crippen molar-refractivity contribution in [3.05, 3.63) is 93.3 Å². The van der Waals surface area contributed by atoms with Gasteiger partial charge in [-0.05, 0) is 74.0 Å². The molecule has 0 amide bonds. The fourth-order valence-corrected chi connectivity index (χ4v) is 4.58. The molecule has 3 aromatic rings. The van der Waals surface area contributed by atoms with Crippen LogP contribution in [0.2, 0.25) is 5.02 Å². The van der Waals surface area contributed by atoms with Gasteiger partial charge in [0.15, 0.2) is 11.5 Å². The largest absolute Gasteiger partial charge is 0.493 e. The summed E-state index contributed by atoms with van der Waals surface area (Å²) in [5, 5.41) is 0.449. The number of allylic oxidation sites excluding steroid dienone is 1. The number of ketones is 1. The maximum Gasteiger partial charge on any atom is 0.210 e. The van der Waals surface area contributed by atoms with Gasteiger partial charge in [0.25, 0.3) is 0 Å². The zero-order chi connectivity index (χ0) is 23.3. The van der Waals surface area contributed by atoms with Crippen LogP contribution >= 0.6 is 11.6 Å². The first-order valence-electron chi connectivity index (χ1n) is 9.91. The van der Waals surface area contributed by atoms with Crippen LogP contribution in [0.1, 0.15) is 28.4 Å². The third-order valence-corrected chi connectivity index (χ3v) is 6.76. The predicted octanol–water partition coefficient (Wildman–Crippen LogP) is 5.75. The van der Waals surface area contributed by atoms with Crippen LogP contribution in [0.25, 0.3) is 6.08 Å². The number of methoxy groups -OCH3 is 1. The van der Waals surface area contributed by atoms with Crippen molar-refractivity contribution in [2.24, 2.45) is 0 Å². The lowest BCUT2D eigenvalue weighted by Crippen LogP contribution is -2.14. The van der Waals surface area contributed by atoms with Crippen molar-refractivity contribution >= 4 is 33.3 Å². The first-order chi connectivity index (χ1) is 15.3. The fraction of sp³-hybridized carbons (Fsp3) is 0.160. The van der Waals surface area contributed by atoms with Crippen LogP contribution in [-0.4, -0.2) is 27.9 Å². The van der Waals surface area contributed by atoms with E-state index in [4.69, 9.17) is 21.1 Å². The number of carbonyl (C=O) groups excluding carboxylic acids is 1. The Morgan fingerprint density at radius 1 is 0.969 bits per heavy atom. The number of hydrogen-bond donors (Lipinski definition) is 0. The highest BCUT2D eigenvalue weighted by molar-refractivity contribution is 7.96. The molecule has 0 unspecified atom stereocenters. The molecule has 0 N–H and O–H groups in total. The molecule has 0 aliphatic carbocycles. The minimum Gasteiger partial charge on any atom is -0.493 e. The number of ether oxygens (including phenoxy) is 2. The van der Waals surface area contributed by atoms with E-state index < -0.39 is 15.6 Å². The van der Waals surface area contributed by atoms with E-state index in [0.717, 1.165) is 5.56 Å². The molecule has 32 heavy (non-hydrogen) atoms. The van der Waals surface area contributed by atoms with Gasteiger partial charge in [0, 0.05) is 10.6 Å². The Bertz CT molecular complexity index is 1240. The number of benzene rings is 3. The molecule has 0 saturated heterocycles. The van der Waals surface area contributed by atoms with Crippen LogP contribution < -0.4 is 9.47 Å². The normalized spacial score (nSPS) is 11.8. The molecule has 0 aliphatic heterocycles. The highest BCUT2D eigenvalue weighted by atomic mass is 35.5. The van der Waals surface area contributed by atoms with Crippen LogP contribution in [0.3, 0.4) is 0 Å². The van der Waals surface area contributed by atoms with Crippen molar-refractivity contribution in [2.75, 3.05) is 13.7 Å². The van der Waals surface area contributed by atoms with Gasteiger partial charge in [0.1, 0.15) is 4.91 Å². The summed E-state index contributed by atoms with van der Waals surface area (Å²) in [6, 6.07) is 17.4. The maximum atomic E-state index is 13.5. The van der Waals surface area contributed by atoms with Crippen LogP contribution in [0.15, 0.2) is 76.5 Å². The van der Waals surface area contributed by atoms with Crippen molar-refractivity contribution in [2.45, 2.75) is 18.7 Å². The molecule has 0 bridgehead atoms. The summed E-state index contributed by atoms with van der Waals surface area (Å²) < 4.78 is 37.8. The average Bonchev–Trinajstić information content (AvgIpc) is 2.78. The summed E-state index contributed by atoms with van der Waals surface area (Å²) in [5.74, 6) is 0.334. The Morgan fingerprint density at radius 2 is 1.62 bits per heavy atom. The van der Waals surface area contributed by atoms with Crippen LogP contribution in [-0.2, 0) is 9.84 Å². The third kappa shape index (κ3) is 5.21. The lowest BCUT2D eigenvalue weighted by Gasteiger charge is -2.12. The van der Waals surface area contributed by atoms with E-state index >= 15 is 0 Å². The van der Waals surface area contributed by atoms with E-state index in [0.29, 0.717) is 28.7 Å². The second kappa shape index (κ2) is 10.0. The monoisotopic (exact) mass is 470 g/mol. The van der Waals surface area contributed by atoms with Gasteiger partial charge in [0.2, 0.25) is 15.6 Å². The van der Waals surface area contributed by atoms with Crippen molar-refractivity contribution < 1.29 is 22.7 Å². The third-order valence-electron chi connectivity index (χ3n) is 4.74. The Balaban J connectivity index is 2.17. The van der Waals surface area contributed by atoms with Crippen LogP contribution in [0.5, 0.6) is 11.5 Å². The number of aryl methyl sites for hydroxylation is 1. The van der Waals surface area contributed by atoms with E-state index in [1.54, 1.807) is 42.5 Å². The van der Waals surface area contributed by atoms with E-state index in [1.807, 2.05) is 13.8 Å². The molecular weight excluding hydrogens is 448 g/mol. The molecule has 0 heterocycles. The lowest BCUT2D eigenvalue weighted by atomic mass is 10.1. The molecule has 0 fully saturated rings. The zero-order valence-electron chi connectivity index (χ0n) is 18.0. The Kier molecular flexibility index (Phi) is 7.38. The molecule has 0 aliphatic rings. The van der Waals surface area contributed by atoms with Crippen LogP contribution in [0.4, 0.5) is 0 Å². The minimum absolute atomic E-state index is 0.0366. The average molecular weight is 471 g/mol. The summed E-state index contributed by atoms with van der Waals surface area (Å²) in [5.41, 5.74) is 1.61. The molecule has 0 aromatic heterocycles. The first kappa shape index (κ1) is 23.6. The van der Waals surface area contributed by atoms with Crippen molar-refractivity contribution in [1.82, 2.24) is 0 Å². The second-order valence-electron chi connectivity index (χ2n) is 7.00. The molecule has 0 saturated carbocycles. The number of sulfone groups is 1. The molecule has 0 radical (unpaired) electrons. The summed E-state index contributed by atoms with van der Waals surface area (Å²) in [7, 11) is -2.61. The van der Waals surface area contributed by atoms with Gasteiger partial charge in [-0.25, -0.2) is 8.42 Å². The summed E-state index contributed by atoms with van der Waals surface area (Å²) in [4.78, 5) is 13.0. The predicted molar refractivity (Wildman–Crippen MR) is 126 cm³/mol. The van der Waals surface area contributed by atoms with E-state index in [-0.39, 0.29) is 15.4 Å². The highest BCUT2D eigenvalue weighted by Gasteiger charge is 2.28.